The van der Waals surface area contributed by atoms with E-state index in [-0.39, 0.29) is 0 Å². The van der Waals surface area contributed by atoms with Gasteiger partial charge in [-0.15, -0.1) is 11.3 Å². The molecule has 3 aromatic rings. The van der Waals surface area contributed by atoms with Gasteiger partial charge in [0.1, 0.15) is 16.3 Å². The fraction of sp³-hybridized carbons (Fsp3) is 0.0909. The van der Waals surface area contributed by atoms with Gasteiger partial charge < -0.3 is 4.74 Å². The number of rotatable bonds is 1. The third-order valence-electron chi connectivity index (χ3n) is 2.50. The number of halogens is 2. The molecule has 0 unspecified atom stereocenters. The molecule has 0 saturated heterocycles. The second kappa shape index (κ2) is 4.08. The third-order valence-corrected chi connectivity index (χ3v) is 4.53. The molecule has 0 aliphatic heterocycles. The maximum absolute atomic E-state index is 6.12. The summed E-state index contributed by atoms with van der Waals surface area (Å²) in [4.78, 5) is 9.12. The van der Waals surface area contributed by atoms with Crippen molar-refractivity contribution < 1.29 is 4.74 Å². The number of methoxy groups -OCH3 is 1. The lowest BCUT2D eigenvalue weighted by Gasteiger charge is -2.03. The average Bonchev–Trinajstić information content (AvgIpc) is 2.68. The monoisotopic (exact) mass is 328 g/mol. The zero-order chi connectivity index (χ0) is 12.0. The van der Waals surface area contributed by atoms with E-state index in [1.807, 2.05) is 12.1 Å². The van der Waals surface area contributed by atoms with Gasteiger partial charge in [-0.25, -0.2) is 9.97 Å². The molecule has 3 rings (SSSR count). The highest BCUT2D eigenvalue weighted by molar-refractivity contribution is 9.10. The van der Waals surface area contributed by atoms with Gasteiger partial charge >= 0.3 is 0 Å². The van der Waals surface area contributed by atoms with Crippen molar-refractivity contribution in [3.8, 4) is 5.75 Å². The lowest BCUT2D eigenvalue weighted by atomic mass is 10.2. The quantitative estimate of drug-likeness (QED) is 0.625. The standard InChI is InChI=1S/C11H6BrClN2OS/c1-16-8-6(12)3-2-5-7-10(13)14-4-15-11(7)17-9(5)8/h2-4H,1H3. The van der Waals surface area contributed by atoms with Crippen LogP contribution in [0.4, 0.5) is 0 Å². The highest BCUT2D eigenvalue weighted by Gasteiger charge is 2.15. The molecule has 0 radical (unpaired) electrons. The molecule has 0 N–H and O–H groups in total. The van der Waals surface area contributed by atoms with Crippen molar-refractivity contribution in [2.75, 3.05) is 7.11 Å². The minimum Gasteiger partial charge on any atom is -0.494 e. The normalized spacial score (nSPS) is 11.2. The van der Waals surface area contributed by atoms with Crippen molar-refractivity contribution in [1.29, 1.82) is 0 Å². The van der Waals surface area contributed by atoms with Crippen molar-refractivity contribution in [1.82, 2.24) is 9.97 Å². The molecule has 0 saturated carbocycles. The summed E-state index contributed by atoms with van der Waals surface area (Å²) in [7, 11) is 1.65. The Morgan fingerprint density at radius 3 is 2.94 bits per heavy atom. The highest BCUT2D eigenvalue weighted by atomic mass is 79.9. The van der Waals surface area contributed by atoms with E-state index < -0.39 is 0 Å². The lowest BCUT2D eigenvalue weighted by Crippen LogP contribution is -1.84. The topological polar surface area (TPSA) is 35.0 Å². The second-order valence-electron chi connectivity index (χ2n) is 3.40. The number of thiophene rings is 1. The smallest absolute Gasteiger partial charge is 0.150 e. The van der Waals surface area contributed by atoms with Crippen molar-refractivity contribution in [2.24, 2.45) is 0 Å². The molecule has 86 valence electrons. The van der Waals surface area contributed by atoms with Gasteiger partial charge in [0.2, 0.25) is 0 Å². The molecular weight excluding hydrogens is 324 g/mol. The fourth-order valence-electron chi connectivity index (χ4n) is 1.78. The predicted molar refractivity (Wildman–Crippen MR) is 74.2 cm³/mol. The van der Waals surface area contributed by atoms with Gasteiger partial charge in [-0.1, -0.05) is 17.7 Å². The molecule has 2 heterocycles. The Hall–Kier alpha value is -0.910. The van der Waals surface area contributed by atoms with E-state index in [4.69, 9.17) is 16.3 Å². The second-order valence-corrected chi connectivity index (χ2v) is 5.62. The van der Waals surface area contributed by atoms with Crippen LogP contribution < -0.4 is 4.74 Å². The number of aromatic nitrogens is 2. The summed E-state index contributed by atoms with van der Waals surface area (Å²) in [5.74, 6) is 0.807. The van der Waals surface area contributed by atoms with Crippen LogP contribution in [0.15, 0.2) is 22.9 Å². The third kappa shape index (κ3) is 1.61. The molecule has 0 aliphatic carbocycles. The molecule has 2 aromatic heterocycles. The molecular formula is C11H6BrClN2OS. The Balaban J connectivity index is 2.56. The van der Waals surface area contributed by atoms with Crippen LogP contribution in [-0.2, 0) is 0 Å². The van der Waals surface area contributed by atoms with E-state index in [9.17, 15) is 0 Å². The summed E-state index contributed by atoms with van der Waals surface area (Å²) in [6.45, 7) is 0. The van der Waals surface area contributed by atoms with Crippen LogP contribution in [-0.4, -0.2) is 17.1 Å². The number of hydrogen-bond acceptors (Lipinski definition) is 4. The van der Waals surface area contributed by atoms with Crippen LogP contribution in [0.3, 0.4) is 0 Å². The maximum atomic E-state index is 6.12. The SMILES string of the molecule is COc1c(Br)ccc2c1sc1ncnc(Cl)c12. The van der Waals surface area contributed by atoms with Crippen LogP contribution in [0.25, 0.3) is 20.3 Å². The van der Waals surface area contributed by atoms with Gasteiger partial charge in [0.15, 0.2) is 5.75 Å². The van der Waals surface area contributed by atoms with Crippen LogP contribution in [0.5, 0.6) is 5.75 Å². The Morgan fingerprint density at radius 1 is 1.35 bits per heavy atom. The first kappa shape index (κ1) is 11.2. The molecule has 0 aliphatic rings. The van der Waals surface area contributed by atoms with Crippen molar-refractivity contribution in [3.63, 3.8) is 0 Å². The van der Waals surface area contributed by atoms with Crippen LogP contribution in [0, 0.1) is 0 Å². The number of ether oxygens (including phenoxy) is 1. The van der Waals surface area contributed by atoms with Crippen molar-refractivity contribution >= 4 is 59.2 Å². The van der Waals surface area contributed by atoms with Crippen molar-refractivity contribution in [2.45, 2.75) is 0 Å². The van der Waals surface area contributed by atoms with E-state index in [1.54, 1.807) is 18.4 Å². The lowest BCUT2D eigenvalue weighted by molar-refractivity contribution is 0.418. The van der Waals surface area contributed by atoms with E-state index in [1.165, 1.54) is 6.33 Å². The van der Waals surface area contributed by atoms with E-state index in [0.717, 1.165) is 30.5 Å². The Bertz CT molecular complexity index is 728. The minimum absolute atomic E-state index is 0.477. The largest absolute Gasteiger partial charge is 0.494 e. The van der Waals surface area contributed by atoms with Gasteiger partial charge in [0.25, 0.3) is 0 Å². The van der Waals surface area contributed by atoms with Crippen molar-refractivity contribution in [3.05, 3.63) is 28.1 Å². The molecule has 1 aromatic carbocycles. The molecule has 0 atom stereocenters. The molecule has 17 heavy (non-hydrogen) atoms. The van der Waals surface area contributed by atoms with Crippen LogP contribution in [0.2, 0.25) is 5.15 Å². The summed E-state index contributed by atoms with van der Waals surface area (Å²) >= 11 is 11.1. The Labute approximate surface area is 115 Å². The van der Waals surface area contributed by atoms with Gasteiger partial charge in [-0.2, -0.15) is 0 Å². The van der Waals surface area contributed by atoms with Gasteiger partial charge in [0.05, 0.1) is 21.7 Å². The maximum Gasteiger partial charge on any atom is 0.150 e. The average molecular weight is 330 g/mol. The first-order chi connectivity index (χ1) is 8.22. The van der Waals surface area contributed by atoms with Gasteiger partial charge in [-0.3, -0.25) is 0 Å². The molecule has 0 amide bonds. The summed E-state index contributed by atoms with van der Waals surface area (Å²) in [5.41, 5.74) is 0. The molecule has 3 nitrogen and oxygen atoms in total. The molecule has 0 bridgehead atoms. The molecule has 0 spiro atoms. The predicted octanol–water partition coefficient (Wildman–Crippen LogP) is 4.27. The van der Waals surface area contributed by atoms with E-state index in [0.29, 0.717) is 5.15 Å². The summed E-state index contributed by atoms with van der Waals surface area (Å²) < 4.78 is 7.35. The number of fused-ring (bicyclic) bond motifs is 3. The Morgan fingerprint density at radius 2 is 2.18 bits per heavy atom. The molecule has 6 heteroatoms. The van der Waals surface area contributed by atoms with Crippen LogP contribution in [0.1, 0.15) is 0 Å². The van der Waals surface area contributed by atoms with Gasteiger partial charge in [-0.05, 0) is 22.0 Å². The first-order valence-electron chi connectivity index (χ1n) is 4.77. The van der Waals surface area contributed by atoms with Crippen LogP contribution >= 0.6 is 38.9 Å². The minimum atomic E-state index is 0.477. The van der Waals surface area contributed by atoms with Gasteiger partial charge in [0, 0.05) is 5.39 Å². The fourth-order valence-corrected chi connectivity index (χ4v) is 3.86. The summed E-state index contributed by atoms with van der Waals surface area (Å²) in [6.07, 6.45) is 1.47. The summed E-state index contributed by atoms with van der Waals surface area (Å²) in [6, 6.07) is 3.94. The van der Waals surface area contributed by atoms with E-state index >= 15 is 0 Å². The summed E-state index contributed by atoms with van der Waals surface area (Å²) in [5, 5.41) is 2.39. The number of nitrogens with zero attached hydrogens (tertiary/aromatic N) is 2. The zero-order valence-corrected chi connectivity index (χ0v) is 11.9. The Kier molecular flexibility index (Phi) is 2.69. The molecule has 0 fully saturated rings. The number of benzene rings is 1. The first-order valence-corrected chi connectivity index (χ1v) is 6.76. The highest BCUT2D eigenvalue weighted by Crippen LogP contribution is 2.43. The zero-order valence-electron chi connectivity index (χ0n) is 8.70. The number of hydrogen-bond donors (Lipinski definition) is 0. The van der Waals surface area contributed by atoms with E-state index in [2.05, 4.69) is 25.9 Å².